The molecule has 1 unspecified atom stereocenters. The number of hydrogen-bond acceptors (Lipinski definition) is 5. The number of aromatic hydroxyl groups is 1. The van der Waals surface area contributed by atoms with Gasteiger partial charge < -0.3 is 5.11 Å². The van der Waals surface area contributed by atoms with Gasteiger partial charge in [-0.3, -0.25) is 4.79 Å². The number of nitrogens with zero attached hydrogens (tertiary/aromatic N) is 2. The Bertz CT molecular complexity index is 839. The molecule has 1 aromatic carbocycles. The van der Waals surface area contributed by atoms with Crippen LogP contribution in [0.5, 0.6) is 5.75 Å². The number of aromatic nitrogens is 1. The van der Waals surface area contributed by atoms with Crippen LogP contribution in [0, 0.1) is 28.9 Å². The van der Waals surface area contributed by atoms with Crippen molar-refractivity contribution in [3.63, 3.8) is 0 Å². The molecule has 0 saturated carbocycles. The molecule has 3 rings (SSSR count). The molecule has 4 nitrogen and oxygen atoms in total. The Hall–Kier alpha value is -2.33. The van der Waals surface area contributed by atoms with Crippen molar-refractivity contribution in [1.82, 2.24) is 4.98 Å². The maximum Gasteiger partial charge on any atom is 0.189 e. The SMILES string of the molecule is CC1CCc2nc(-c3cc(F)c(O)c(F)c3C#N)sc2C1=O. The molecule has 7 heteroatoms. The van der Waals surface area contributed by atoms with Gasteiger partial charge in [-0.05, 0) is 18.9 Å². The Kier molecular flexibility index (Phi) is 3.41. The predicted molar refractivity (Wildman–Crippen MR) is 75.7 cm³/mol. The zero-order chi connectivity index (χ0) is 16.0. The average Bonchev–Trinajstić information content (AvgIpc) is 2.93. The summed E-state index contributed by atoms with van der Waals surface area (Å²) in [7, 11) is 0. The molecule has 1 heterocycles. The normalized spacial score (nSPS) is 17.2. The lowest BCUT2D eigenvalue weighted by molar-refractivity contribution is 0.0917. The molecule has 112 valence electrons. The quantitative estimate of drug-likeness (QED) is 0.873. The van der Waals surface area contributed by atoms with Crippen molar-refractivity contribution in [3.8, 4) is 22.4 Å². The third kappa shape index (κ3) is 2.07. The Morgan fingerprint density at radius 2 is 2.23 bits per heavy atom. The highest BCUT2D eigenvalue weighted by atomic mass is 32.1. The van der Waals surface area contributed by atoms with E-state index in [1.807, 2.05) is 6.92 Å². The van der Waals surface area contributed by atoms with Gasteiger partial charge in [0.25, 0.3) is 0 Å². The molecule has 1 aliphatic rings. The fourth-order valence-corrected chi connectivity index (χ4v) is 3.61. The van der Waals surface area contributed by atoms with Gasteiger partial charge in [0.15, 0.2) is 23.2 Å². The van der Waals surface area contributed by atoms with Crippen LogP contribution in [0.3, 0.4) is 0 Å². The zero-order valence-electron chi connectivity index (χ0n) is 11.5. The molecule has 0 fully saturated rings. The number of hydrogen-bond donors (Lipinski definition) is 1. The van der Waals surface area contributed by atoms with Crippen LogP contribution in [0.25, 0.3) is 10.6 Å². The molecule has 0 amide bonds. The van der Waals surface area contributed by atoms with E-state index in [2.05, 4.69) is 4.98 Å². The lowest BCUT2D eigenvalue weighted by Crippen LogP contribution is -2.18. The van der Waals surface area contributed by atoms with Crippen molar-refractivity contribution in [2.24, 2.45) is 5.92 Å². The van der Waals surface area contributed by atoms with Crippen molar-refractivity contribution in [2.45, 2.75) is 19.8 Å². The summed E-state index contributed by atoms with van der Waals surface area (Å²) in [4.78, 5) is 16.9. The minimum absolute atomic E-state index is 0.0387. The molecule has 0 aliphatic heterocycles. The highest BCUT2D eigenvalue weighted by molar-refractivity contribution is 7.17. The van der Waals surface area contributed by atoms with Crippen molar-refractivity contribution in [2.75, 3.05) is 0 Å². The van der Waals surface area contributed by atoms with Gasteiger partial charge in [-0.1, -0.05) is 6.92 Å². The first-order valence-electron chi connectivity index (χ1n) is 6.59. The van der Waals surface area contributed by atoms with Gasteiger partial charge in [-0.15, -0.1) is 11.3 Å². The largest absolute Gasteiger partial charge is 0.503 e. The summed E-state index contributed by atoms with van der Waals surface area (Å²) in [6.07, 6.45) is 1.29. The number of Topliss-reactive ketones (excluding diaryl/α,β-unsaturated/α-hetero) is 1. The summed E-state index contributed by atoms with van der Waals surface area (Å²) in [5, 5.41) is 18.5. The predicted octanol–water partition coefficient (Wildman–Crippen LogP) is 3.43. The minimum Gasteiger partial charge on any atom is -0.503 e. The first-order chi connectivity index (χ1) is 10.4. The highest BCUT2D eigenvalue weighted by Gasteiger charge is 2.29. The number of thiazole rings is 1. The van der Waals surface area contributed by atoms with Crippen molar-refractivity contribution in [3.05, 3.63) is 33.8 Å². The van der Waals surface area contributed by atoms with Crippen molar-refractivity contribution in [1.29, 1.82) is 5.26 Å². The molecule has 2 aromatic rings. The number of ketones is 1. The summed E-state index contributed by atoms with van der Waals surface area (Å²) in [5.74, 6) is -3.82. The standard InChI is InChI=1S/C15H10F2N2O2S/c1-6-2-3-10-14(12(6)20)22-15(19-10)7-4-9(16)13(21)11(17)8(7)5-18/h4,6,21H,2-3H2,1H3. The van der Waals surface area contributed by atoms with Gasteiger partial charge >= 0.3 is 0 Å². The van der Waals surface area contributed by atoms with Gasteiger partial charge in [0.05, 0.1) is 10.6 Å². The van der Waals surface area contributed by atoms with E-state index in [0.717, 1.165) is 17.4 Å². The van der Waals surface area contributed by atoms with Gasteiger partial charge in [0, 0.05) is 11.5 Å². The van der Waals surface area contributed by atoms with E-state index < -0.39 is 22.9 Å². The molecule has 0 radical (unpaired) electrons. The summed E-state index contributed by atoms with van der Waals surface area (Å²) in [6, 6.07) is 2.48. The van der Waals surface area contributed by atoms with E-state index in [-0.39, 0.29) is 22.3 Å². The van der Waals surface area contributed by atoms with E-state index in [4.69, 9.17) is 5.26 Å². The topological polar surface area (TPSA) is 74.0 Å². The maximum absolute atomic E-state index is 13.8. The molecule has 1 aromatic heterocycles. The second kappa shape index (κ2) is 5.14. The van der Waals surface area contributed by atoms with Gasteiger partial charge in [0.2, 0.25) is 0 Å². The third-order valence-corrected chi connectivity index (χ3v) is 4.86. The van der Waals surface area contributed by atoms with Crippen LogP contribution in [0.4, 0.5) is 8.78 Å². The fraction of sp³-hybridized carbons (Fsp3) is 0.267. The Morgan fingerprint density at radius 3 is 2.91 bits per heavy atom. The van der Waals surface area contributed by atoms with Crippen LogP contribution >= 0.6 is 11.3 Å². The third-order valence-electron chi connectivity index (χ3n) is 3.72. The van der Waals surface area contributed by atoms with E-state index in [1.165, 1.54) is 0 Å². The molecule has 1 atom stereocenters. The first-order valence-corrected chi connectivity index (χ1v) is 7.41. The van der Waals surface area contributed by atoms with Crippen molar-refractivity contribution >= 4 is 17.1 Å². The van der Waals surface area contributed by atoms with Crippen LogP contribution in [0.2, 0.25) is 0 Å². The average molecular weight is 320 g/mol. The second-order valence-electron chi connectivity index (χ2n) is 5.15. The first kappa shape index (κ1) is 14.6. The lowest BCUT2D eigenvalue weighted by atomic mass is 9.92. The monoisotopic (exact) mass is 320 g/mol. The number of rotatable bonds is 1. The van der Waals surface area contributed by atoms with E-state index in [1.54, 1.807) is 6.07 Å². The lowest BCUT2D eigenvalue weighted by Gasteiger charge is -2.14. The number of benzene rings is 1. The van der Waals surface area contributed by atoms with E-state index >= 15 is 0 Å². The number of fused-ring (bicyclic) bond motifs is 1. The smallest absolute Gasteiger partial charge is 0.189 e. The molecular weight excluding hydrogens is 310 g/mol. The highest BCUT2D eigenvalue weighted by Crippen LogP contribution is 2.38. The number of phenolic OH excluding ortho intramolecular Hbond substituents is 1. The summed E-state index contributed by atoms with van der Waals surface area (Å²) in [5.41, 5.74) is 0.0709. The molecule has 0 saturated heterocycles. The molecule has 1 aliphatic carbocycles. The second-order valence-corrected chi connectivity index (χ2v) is 6.15. The van der Waals surface area contributed by atoms with Crippen LogP contribution in [0.15, 0.2) is 6.07 Å². The molecule has 0 bridgehead atoms. The Labute approximate surface area is 128 Å². The van der Waals surface area contributed by atoms with Gasteiger partial charge in [-0.25, -0.2) is 13.8 Å². The molecular formula is C15H10F2N2O2S. The van der Waals surface area contributed by atoms with E-state index in [0.29, 0.717) is 23.4 Å². The summed E-state index contributed by atoms with van der Waals surface area (Å²) in [6.45, 7) is 1.82. The van der Waals surface area contributed by atoms with E-state index in [9.17, 15) is 18.7 Å². The van der Waals surface area contributed by atoms with Crippen LogP contribution in [0.1, 0.15) is 34.3 Å². The number of carbonyl (C=O) groups excluding carboxylic acids is 1. The van der Waals surface area contributed by atoms with Crippen LogP contribution in [-0.2, 0) is 6.42 Å². The van der Waals surface area contributed by atoms with Crippen LogP contribution in [-0.4, -0.2) is 15.9 Å². The number of phenols is 1. The Morgan fingerprint density at radius 1 is 1.50 bits per heavy atom. The number of halogens is 2. The molecule has 0 spiro atoms. The van der Waals surface area contributed by atoms with Gasteiger partial charge in [0.1, 0.15) is 16.6 Å². The number of nitriles is 1. The fourth-order valence-electron chi connectivity index (χ4n) is 2.42. The molecule has 1 N–H and O–H groups in total. The number of aryl methyl sites for hydroxylation is 1. The zero-order valence-corrected chi connectivity index (χ0v) is 12.3. The summed E-state index contributed by atoms with van der Waals surface area (Å²) < 4.78 is 27.4. The van der Waals surface area contributed by atoms with Crippen molar-refractivity contribution < 1.29 is 18.7 Å². The van der Waals surface area contributed by atoms with Gasteiger partial charge in [-0.2, -0.15) is 5.26 Å². The minimum atomic E-state index is -1.31. The number of carbonyl (C=O) groups is 1. The van der Waals surface area contributed by atoms with Crippen LogP contribution < -0.4 is 0 Å². The Balaban J connectivity index is 2.20. The maximum atomic E-state index is 13.8. The molecule has 22 heavy (non-hydrogen) atoms. The summed E-state index contributed by atoms with van der Waals surface area (Å²) >= 11 is 1.03.